The van der Waals surface area contributed by atoms with E-state index in [0.717, 1.165) is 37.4 Å². The summed E-state index contributed by atoms with van der Waals surface area (Å²) in [7, 11) is 0. The van der Waals surface area contributed by atoms with Crippen molar-refractivity contribution in [3.8, 4) is 11.4 Å². The number of ether oxygens (including phenoxy) is 1. The average Bonchev–Trinajstić information content (AvgIpc) is 3.00. The molecule has 0 unspecified atom stereocenters. The smallest absolute Gasteiger partial charge is 0.140 e. The van der Waals surface area contributed by atoms with E-state index in [-0.39, 0.29) is 5.60 Å². The van der Waals surface area contributed by atoms with Gasteiger partial charge in [-0.3, -0.25) is 4.98 Å². The fourth-order valence-electron chi connectivity index (χ4n) is 2.52. The lowest BCUT2D eigenvalue weighted by molar-refractivity contribution is 0.00657. The molecule has 0 radical (unpaired) electrons. The lowest BCUT2D eigenvalue weighted by atomic mass is 10.0. The topological polar surface area (TPSA) is 39.9 Å². The molecule has 0 amide bonds. The third-order valence-corrected chi connectivity index (χ3v) is 3.46. The first-order chi connectivity index (χ1) is 8.77. The van der Waals surface area contributed by atoms with E-state index in [1.165, 1.54) is 0 Å². The summed E-state index contributed by atoms with van der Waals surface area (Å²) in [6, 6.07) is 3.97. The fraction of sp³-hybridized carbons (Fsp3) is 0.429. The summed E-state index contributed by atoms with van der Waals surface area (Å²) in [6.07, 6.45) is 9.71. The molecule has 3 heterocycles. The van der Waals surface area contributed by atoms with Gasteiger partial charge in [-0.05, 0) is 31.9 Å². The van der Waals surface area contributed by atoms with E-state index < -0.39 is 0 Å². The Morgan fingerprint density at radius 2 is 2.17 bits per heavy atom. The van der Waals surface area contributed by atoms with Crippen LogP contribution in [0.2, 0.25) is 0 Å². The van der Waals surface area contributed by atoms with Crippen molar-refractivity contribution in [2.24, 2.45) is 0 Å². The minimum absolute atomic E-state index is 0.0531. The molecule has 4 nitrogen and oxygen atoms in total. The molecule has 0 saturated carbocycles. The standard InChI is InChI=1S/C14H17N3O/c1-14(5-2-10-18-14)11-17-9-8-16-13(17)12-3-6-15-7-4-12/h3-4,6-9H,2,5,10-11H2,1H3/t14-/m1/s1. The van der Waals surface area contributed by atoms with Crippen molar-refractivity contribution >= 4 is 0 Å². The molecule has 2 aromatic heterocycles. The first kappa shape index (κ1) is 11.4. The average molecular weight is 243 g/mol. The molecule has 1 fully saturated rings. The molecule has 0 N–H and O–H groups in total. The third-order valence-electron chi connectivity index (χ3n) is 3.46. The minimum atomic E-state index is -0.0531. The van der Waals surface area contributed by atoms with Crippen molar-refractivity contribution in [1.29, 1.82) is 0 Å². The first-order valence-electron chi connectivity index (χ1n) is 6.32. The molecule has 4 heteroatoms. The van der Waals surface area contributed by atoms with Crippen molar-refractivity contribution in [2.75, 3.05) is 6.61 Å². The molecule has 0 aliphatic carbocycles. The van der Waals surface area contributed by atoms with E-state index in [9.17, 15) is 0 Å². The van der Waals surface area contributed by atoms with Crippen LogP contribution in [0.1, 0.15) is 19.8 Å². The van der Waals surface area contributed by atoms with Crippen LogP contribution in [-0.2, 0) is 11.3 Å². The quantitative estimate of drug-likeness (QED) is 0.831. The van der Waals surface area contributed by atoms with Crippen LogP contribution in [-0.4, -0.2) is 26.7 Å². The van der Waals surface area contributed by atoms with Crippen LogP contribution in [0.25, 0.3) is 11.4 Å². The van der Waals surface area contributed by atoms with Gasteiger partial charge in [-0.15, -0.1) is 0 Å². The van der Waals surface area contributed by atoms with Crippen LogP contribution in [0, 0.1) is 0 Å². The molecule has 2 aromatic rings. The maximum Gasteiger partial charge on any atom is 0.140 e. The maximum atomic E-state index is 5.84. The summed E-state index contributed by atoms with van der Waals surface area (Å²) < 4.78 is 8.01. The van der Waals surface area contributed by atoms with Gasteiger partial charge in [0.15, 0.2) is 0 Å². The normalized spacial score (nSPS) is 23.4. The van der Waals surface area contributed by atoms with E-state index in [0.29, 0.717) is 0 Å². The van der Waals surface area contributed by atoms with Crippen LogP contribution in [0.5, 0.6) is 0 Å². The number of aromatic nitrogens is 3. The zero-order chi connectivity index (χ0) is 12.4. The number of hydrogen-bond donors (Lipinski definition) is 0. The van der Waals surface area contributed by atoms with E-state index in [1.807, 2.05) is 24.5 Å². The third kappa shape index (κ3) is 2.16. The van der Waals surface area contributed by atoms with Gasteiger partial charge in [0.05, 0.1) is 12.1 Å². The lowest BCUT2D eigenvalue weighted by Crippen LogP contribution is -2.29. The van der Waals surface area contributed by atoms with Gasteiger partial charge in [0.2, 0.25) is 0 Å². The van der Waals surface area contributed by atoms with Gasteiger partial charge >= 0.3 is 0 Å². The van der Waals surface area contributed by atoms with Gasteiger partial charge in [0.25, 0.3) is 0 Å². The second-order valence-corrected chi connectivity index (χ2v) is 5.02. The van der Waals surface area contributed by atoms with E-state index in [4.69, 9.17) is 4.74 Å². The molecule has 94 valence electrons. The Morgan fingerprint density at radius 3 is 2.89 bits per heavy atom. The van der Waals surface area contributed by atoms with Gasteiger partial charge in [-0.25, -0.2) is 4.98 Å². The van der Waals surface area contributed by atoms with Crippen molar-refractivity contribution in [3.63, 3.8) is 0 Å². The van der Waals surface area contributed by atoms with Crippen LogP contribution >= 0.6 is 0 Å². The zero-order valence-electron chi connectivity index (χ0n) is 10.5. The van der Waals surface area contributed by atoms with E-state index in [1.54, 1.807) is 12.4 Å². The number of imidazole rings is 1. The molecule has 0 spiro atoms. The van der Waals surface area contributed by atoms with Gasteiger partial charge < -0.3 is 9.30 Å². The number of nitrogens with zero attached hydrogens (tertiary/aromatic N) is 3. The van der Waals surface area contributed by atoms with Crippen LogP contribution < -0.4 is 0 Å². The highest BCUT2D eigenvalue weighted by Crippen LogP contribution is 2.28. The minimum Gasteiger partial charge on any atom is -0.373 e. The van der Waals surface area contributed by atoms with Crippen molar-refractivity contribution in [3.05, 3.63) is 36.9 Å². The number of rotatable bonds is 3. The predicted molar refractivity (Wildman–Crippen MR) is 69.0 cm³/mol. The predicted octanol–water partition coefficient (Wildman–Crippen LogP) is 2.51. The van der Waals surface area contributed by atoms with Crippen molar-refractivity contribution in [1.82, 2.24) is 14.5 Å². The van der Waals surface area contributed by atoms with Gasteiger partial charge in [-0.2, -0.15) is 0 Å². The highest BCUT2D eigenvalue weighted by Gasteiger charge is 2.30. The second kappa shape index (κ2) is 4.53. The Labute approximate surface area is 107 Å². The Kier molecular flexibility index (Phi) is 2.88. The van der Waals surface area contributed by atoms with Gasteiger partial charge in [0, 0.05) is 37.0 Å². The first-order valence-corrected chi connectivity index (χ1v) is 6.32. The summed E-state index contributed by atoms with van der Waals surface area (Å²) in [5.41, 5.74) is 1.04. The van der Waals surface area contributed by atoms with Crippen LogP contribution in [0.3, 0.4) is 0 Å². The molecule has 1 saturated heterocycles. The van der Waals surface area contributed by atoms with E-state index in [2.05, 4.69) is 21.5 Å². The van der Waals surface area contributed by atoms with Crippen LogP contribution in [0.4, 0.5) is 0 Å². The fourth-order valence-corrected chi connectivity index (χ4v) is 2.52. The Hall–Kier alpha value is -1.68. The highest BCUT2D eigenvalue weighted by atomic mass is 16.5. The molecule has 0 bridgehead atoms. The van der Waals surface area contributed by atoms with Gasteiger partial charge in [-0.1, -0.05) is 0 Å². The monoisotopic (exact) mass is 243 g/mol. The SMILES string of the molecule is C[C@]1(Cn2ccnc2-c2ccncc2)CCCO1. The molecular formula is C14H17N3O. The van der Waals surface area contributed by atoms with Crippen molar-refractivity contribution in [2.45, 2.75) is 31.9 Å². The summed E-state index contributed by atoms with van der Waals surface area (Å²) in [6.45, 7) is 3.90. The summed E-state index contributed by atoms with van der Waals surface area (Å²) in [5.74, 6) is 0.981. The molecule has 0 aromatic carbocycles. The Balaban J connectivity index is 1.88. The van der Waals surface area contributed by atoms with Crippen LogP contribution in [0.15, 0.2) is 36.9 Å². The Morgan fingerprint density at radius 1 is 1.33 bits per heavy atom. The number of pyridine rings is 1. The molecule has 1 aliphatic heterocycles. The van der Waals surface area contributed by atoms with Crippen molar-refractivity contribution < 1.29 is 4.74 Å². The summed E-state index contributed by atoms with van der Waals surface area (Å²) >= 11 is 0. The Bertz CT molecular complexity index is 515. The lowest BCUT2D eigenvalue weighted by Gasteiger charge is -2.24. The summed E-state index contributed by atoms with van der Waals surface area (Å²) in [4.78, 5) is 8.48. The summed E-state index contributed by atoms with van der Waals surface area (Å²) in [5, 5.41) is 0. The number of hydrogen-bond acceptors (Lipinski definition) is 3. The molecule has 1 atom stereocenters. The molecule has 18 heavy (non-hydrogen) atoms. The van der Waals surface area contributed by atoms with E-state index >= 15 is 0 Å². The highest BCUT2D eigenvalue weighted by molar-refractivity contribution is 5.54. The maximum absolute atomic E-state index is 5.84. The molecule has 3 rings (SSSR count). The molecule has 1 aliphatic rings. The second-order valence-electron chi connectivity index (χ2n) is 5.02. The largest absolute Gasteiger partial charge is 0.373 e. The molecular weight excluding hydrogens is 226 g/mol. The van der Waals surface area contributed by atoms with Gasteiger partial charge in [0.1, 0.15) is 5.82 Å². The zero-order valence-corrected chi connectivity index (χ0v) is 10.5.